The predicted octanol–water partition coefficient (Wildman–Crippen LogP) is 5.12. The lowest BCUT2D eigenvalue weighted by Crippen LogP contribution is -2.15. The fourth-order valence-corrected chi connectivity index (χ4v) is 3.54. The summed E-state index contributed by atoms with van der Waals surface area (Å²) in [4.78, 5) is 25.7. The number of rotatable bonds is 7. The lowest BCUT2D eigenvalue weighted by Gasteiger charge is -2.14. The Morgan fingerprint density at radius 1 is 0.719 bits per heavy atom. The monoisotopic (exact) mass is 431 g/mol. The fourth-order valence-electron chi connectivity index (χ4n) is 3.54. The Labute approximate surface area is 189 Å². The molecule has 0 amide bonds. The van der Waals surface area contributed by atoms with Gasteiger partial charge in [-0.1, -0.05) is 41.5 Å². The maximum absolute atomic E-state index is 12.9. The quantitative estimate of drug-likeness (QED) is 0.415. The molecule has 1 N–H and O–H groups in total. The second-order valence-electron chi connectivity index (χ2n) is 8.05. The van der Waals surface area contributed by atoms with Crippen LogP contribution in [0.15, 0.2) is 54.6 Å². The third-order valence-electron chi connectivity index (χ3n) is 5.28. The van der Waals surface area contributed by atoms with Crippen LogP contribution >= 0.6 is 0 Å². The number of likely N-dealkylation sites (N-methyl/N-ethyl adjacent to an activating group) is 1. The highest BCUT2D eigenvalue weighted by atomic mass is 16.6. The van der Waals surface area contributed by atoms with Gasteiger partial charge in [-0.25, -0.2) is 9.59 Å². The standard InChI is InChI=1S/C27H29NO4/c1-17-6-9-22(19(3)14-17)26(29)31-24-11-8-21(12-13-28-5)16-25(24)32-27(30)23-10-7-18(2)15-20(23)4/h6-11,14-16,28H,12-13H2,1-5H3. The van der Waals surface area contributed by atoms with Crippen LogP contribution in [0.4, 0.5) is 0 Å². The number of carbonyl (C=O) groups excluding carboxylic acids is 2. The number of nitrogens with one attached hydrogen (secondary N) is 1. The van der Waals surface area contributed by atoms with Crippen molar-refractivity contribution in [2.75, 3.05) is 13.6 Å². The molecule has 32 heavy (non-hydrogen) atoms. The maximum Gasteiger partial charge on any atom is 0.343 e. The molecule has 0 fully saturated rings. The molecule has 5 nitrogen and oxygen atoms in total. The Bertz CT molecular complexity index is 1150. The van der Waals surface area contributed by atoms with Crippen molar-refractivity contribution in [1.29, 1.82) is 0 Å². The maximum atomic E-state index is 12.9. The van der Waals surface area contributed by atoms with Gasteiger partial charge in [-0.15, -0.1) is 0 Å². The van der Waals surface area contributed by atoms with Crippen molar-refractivity contribution < 1.29 is 19.1 Å². The third-order valence-corrected chi connectivity index (χ3v) is 5.28. The second kappa shape index (κ2) is 10.2. The van der Waals surface area contributed by atoms with E-state index in [1.165, 1.54) is 0 Å². The number of ether oxygens (including phenoxy) is 2. The number of benzene rings is 3. The normalized spacial score (nSPS) is 10.7. The molecule has 0 bridgehead atoms. The predicted molar refractivity (Wildman–Crippen MR) is 126 cm³/mol. The van der Waals surface area contributed by atoms with Crippen molar-refractivity contribution >= 4 is 11.9 Å². The molecular weight excluding hydrogens is 402 g/mol. The molecule has 0 saturated carbocycles. The number of hydrogen-bond donors (Lipinski definition) is 1. The van der Waals surface area contributed by atoms with E-state index in [0.717, 1.165) is 40.8 Å². The zero-order chi connectivity index (χ0) is 23.3. The summed E-state index contributed by atoms with van der Waals surface area (Å²) in [6.45, 7) is 8.44. The largest absolute Gasteiger partial charge is 0.419 e. The topological polar surface area (TPSA) is 64.6 Å². The lowest BCUT2D eigenvalue weighted by molar-refractivity contribution is 0.0681. The molecule has 0 aromatic heterocycles. The molecule has 3 aromatic rings. The van der Waals surface area contributed by atoms with E-state index in [2.05, 4.69) is 5.32 Å². The van der Waals surface area contributed by atoms with Crippen LogP contribution in [0.5, 0.6) is 11.5 Å². The first-order chi connectivity index (χ1) is 15.3. The highest BCUT2D eigenvalue weighted by Crippen LogP contribution is 2.31. The van der Waals surface area contributed by atoms with E-state index in [0.29, 0.717) is 11.1 Å². The molecule has 0 aliphatic carbocycles. The Kier molecular flexibility index (Phi) is 7.44. The minimum absolute atomic E-state index is 0.210. The molecule has 0 aliphatic rings. The smallest absolute Gasteiger partial charge is 0.343 e. The van der Waals surface area contributed by atoms with E-state index in [1.54, 1.807) is 24.3 Å². The molecule has 0 radical (unpaired) electrons. The van der Waals surface area contributed by atoms with Crippen LogP contribution < -0.4 is 14.8 Å². The molecule has 0 saturated heterocycles. The van der Waals surface area contributed by atoms with Crippen LogP contribution in [0, 0.1) is 27.7 Å². The first-order valence-corrected chi connectivity index (χ1v) is 10.6. The van der Waals surface area contributed by atoms with Crippen molar-refractivity contribution in [3.63, 3.8) is 0 Å². The van der Waals surface area contributed by atoms with Gasteiger partial charge in [0, 0.05) is 0 Å². The number of carbonyl (C=O) groups is 2. The highest BCUT2D eigenvalue weighted by molar-refractivity contribution is 5.94. The first-order valence-electron chi connectivity index (χ1n) is 10.6. The third kappa shape index (κ3) is 5.62. The Balaban J connectivity index is 1.91. The molecule has 0 aliphatic heterocycles. The Hall–Kier alpha value is -3.44. The van der Waals surface area contributed by atoms with E-state index in [-0.39, 0.29) is 11.5 Å². The molecule has 0 spiro atoms. The van der Waals surface area contributed by atoms with Crippen LogP contribution in [-0.4, -0.2) is 25.5 Å². The van der Waals surface area contributed by atoms with Gasteiger partial charge >= 0.3 is 11.9 Å². The number of aryl methyl sites for hydroxylation is 4. The van der Waals surface area contributed by atoms with Gasteiger partial charge in [-0.3, -0.25) is 0 Å². The summed E-state index contributed by atoms with van der Waals surface area (Å²) in [6, 6.07) is 16.4. The summed E-state index contributed by atoms with van der Waals surface area (Å²) in [7, 11) is 1.88. The van der Waals surface area contributed by atoms with Crippen LogP contribution in [0.2, 0.25) is 0 Å². The highest BCUT2D eigenvalue weighted by Gasteiger charge is 2.19. The van der Waals surface area contributed by atoms with Gasteiger partial charge in [0.1, 0.15) is 0 Å². The Morgan fingerprint density at radius 3 is 1.75 bits per heavy atom. The molecule has 3 rings (SSSR count). The molecule has 5 heteroatoms. The first kappa shape index (κ1) is 23.2. The van der Waals surface area contributed by atoms with Crippen molar-refractivity contribution in [2.24, 2.45) is 0 Å². The average molecular weight is 432 g/mol. The molecule has 0 atom stereocenters. The average Bonchev–Trinajstić information content (AvgIpc) is 2.73. The molecule has 0 heterocycles. The summed E-state index contributed by atoms with van der Waals surface area (Å²) >= 11 is 0. The van der Waals surface area contributed by atoms with E-state index in [1.807, 2.05) is 65.1 Å². The summed E-state index contributed by atoms with van der Waals surface area (Å²) in [6.07, 6.45) is 0.746. The van der Waals surface area contributed by atoms with Gasteiger partial charge in [0.25, 0.3) is 0 Å². The van der Waals surface area contributed by atoms with Crippen LogP contribution in [0.3, 0.4) is 0 Å². The summed E-state index contributed by atoms with van der Waals surface area (Å²) < 4.78 is 11.4. The lowest BCUT2D eigenvalue weighted by atomic mass is 10.1. The molecule has 3 aromatic carbocycles. The number of esters is 2. The number of hydrogen-bond acceptors (Lipinski definition) is 5. The van der Waals surface area contributed by atoms with Gasteiger partial charge < -0.3 is 14.8 Å². The molecule has 166 valence electrons. The SMILES string of the molecule is CNCCc1ccc(OC(=O)c2ccc(C)cc2C)c(OC(=O)c2ccc(C)cc2C)c1. The van der Waals surface area contributed by atoms with Gasteiger partial charge in [-0.05, 0) is 88.7 Å². The zero-order valence-corrected chi connectivity index (χ0v) is 19.2. The van der Waals surface area contributed by atoms with Gasteiger partial charge in [0.05, 0.1) is 11.1 Å². The summed E-state index contributed by atoms with van der Waals surface area (Å²) in [5.41, 5.74) is 5.70. The second-order valence-corrected chi connectivity index (χ2v) is 8.05. The summed E-state index contributed by atoms with van der Waals surface area (Å²) in [5.74, 6) is -0.547. The van der Waals surface area contributed by atoms with E-state index in [4.69, 9.17) is 9.47 Å². The summed E-state index contributed by atoms with van der Waals surface area (Å²) in [5, 5.41) is 3.10. The van der Waals surface area contributed by atoms with Crippen molar-refractivity contribution in [3.8, 4) is 11.5 Å². The van der Waals surface area contributed by atoms with Gasteiger partial charge in [0.15, 0.2) is 11.5 Å². The fraction of sp³-hybridized carbons (Fsp3) is 0.259. The van der Waals surface area contributed by atoms with Crippen molar-refractivity contribution in [2.45, 2.75) is 34.1 Å². The zero-order valence-electron chi connectivity index (χ0n) is 19.2. The molecule has 0 unspecified atom stereocenters. The molecular formula is C27H29NO4. The van der Waals surface area contributed by atoms with Crippen molar-refractivity contribution in [1.82, 2.24) is 5.32 Å². The van der Waals surface area contributed by atoms with E-state index >= 15 is 0 Å². The van der Waals surface area contributed by atoms with Crippen LogP contribution in [0.25, 0.3) is 0 Å². The van der Waals surface area contributed by atoms with E-state index < -0.39 is 11.9 Å². The van der Waals surface area contributed by atoms with E-state index in [9.17, 15) is 9.59 Å². The van der Waals surface area contributed by atoms with Crippen LogP contribution in [0.1, 0.15) is 48.5 Å². The minimum Gasteiger partial charge on any atom is -0.419 e. The Morgan fingerprint density at radius 2 is 1.25 bits per heavy atom. The van der Waals surface area contributed by atoms with Gasteiger partial charge in [-0.2, -0.15) is 0 Å². The van der Waals surface area contributed by atoms with Crippen molar-refractivity contribution in [3.05, 3.63) is 93.5 Å². The van der Waals surface area contributed by atoms with Gasteiger partial charge in [0.2, 0.25) is 0 Å². The van der Waals surface area contributed by atoms with Crippen LogP contribution in [-0.2, 0) is 6.42 Å². The minimum atomic E-state index is -0.491.